The first-order chi connectivity index (χ1) is 12.1. The van der Waals surface area contributed by atoms with Gasteiger partial charge in [0.2, 0.25) is 0 Å². The summed E-state index contributed by atoms with van der Waals surface area (Å²) < 4.78 is 32.3. The number of halogens is 2. The van der Waals surface area contributed by atoms with Crippen molar-refractivity contribution in [1.29, 1.82) is 0 Å². The summed E-state index contributed by atoms with van der Waals surface area (Å²) in [7, 11) is 0. The van der Waals surface area contributed by atoms with Crippen molar-refractivity contribution in [3.63, 3.8) is 0 Å². The molecule has 0 aliphatic heterocycles. The molecule has 9 heteroatoms. The molecule has 0 amide bonds. The summed E-state index contributed by atoms with van der Waals surface area (Å²) in [6, 6.07) is 11.4. The second kappa shape index (κ2) is 6.02. The maximum absolute atomic E-state index is 13.0. The molecule has 0 saturated heterocycles. The van der Waals surface area contributed by atoms with Gasteiger partial charge in [0, 0.05) is 12.3 Å². The molecule has 7 nitrogen and oxygen atoms in total. The lowest BCUT2D eigenvalue weighted by Gasteiger charge is -2.05. The topological polar surface area (TPSA) is 95.1 Å². The van der Waals surface area contributed by atoms with E-state index >= 15 is 0 Å². The maximum Gasteiger partial charge on any atom is 0.280 e. The number of fused-ring (bicyclic) bond motifs is 1. The standard InChI is InChI=1S/C16H12F2N6O/c17-14(18)11-6-7-20-12-8-10(22-24(11)12)16-21-15(23-25-16)13(19)9-4-2-1-3-5-9/h1-8,13-14H,19H2. The predicted octanol–water partition coefficient (Wildman–Crippen LogP) is 2.77. The lowest BCUT2D eigenvalue weighted by Crippen LogP contribution is -2.13. The van der Waals surface area contributed by atoms with Gasteiger partial charge in [0.25, 0.3) is 12.3 Å². The minimum absolute atomic E-state index is 0.0899. The minimum atomic E-state index is -2.68. The first kappa shape index (κ1) is 15.3. The summed E-state index contributed by atoms with van der Waals surface area (Å²) >= 11 is 0. The van der Waals surface area contributed by atoms with Gasteiger partial charge in [-0.15, -0.1) is 0 Å². The number of rotatable bonds is 4. The number of benzene rings is 1. The number of nitrogens with zero attached hydrogens (tertiary/aromatic N) is 5. The first-order valence-electron chi connectivity index (χ1n) is 7.41. The molecule has 3 aromatic heterocycles. The number of hydrogen-bond acceptors (Lipinski definition) is 6. The molecule has 4 aromatic rings. The van der Waals surface area contributed by atoms with E-state index in [1.807, 2.05) is 30.3 Å². The second-order valence-electron chi connectivity index (χ2n) is 5.32. The van der Waals surface area contributed by atoms with Crippen LogP contribution in [0.15, 0.2) is 53.2 Å². The van der Waals surface area contributed by atoms with Crippen molar-refractivity contribution in [2.75, 3.05) is 0 Å². The van der Waals surface area contributed by atoms with Crippen LogP contribution in [0.25, 0.3) is 17.2 Å². The van der Waals surface area contributed by atoms with Crippen LogP contribution in [-0.2, 0) is 0 Å². The van der Waals surface area contributed by atoms with Gasteiger partial charge in [-0.1, -0.05) is 35.5 Å². The van der Waals surface area contributed by atoms with Gasteiger partial charge < -0.3 is 10.3 Å². The molecule has 1 aromatic carbocycles. The molecule has 1 atom stereocenters. The molecule has 0 radical (unpaired) electrons. The predicted molar refractivity (Wildman–Crippen MR) is 83.7 cm³/mol. The van der Waals surface area contributed by atoms with Crippen LogP contribution in [0.4, 0.5) is 8.78 Å². The molecule has 4 rings (SSSR count). The molecule has 1 unspecified atom stereocenters. The SMILES string of the molecule is NC(c1ccccc1)c1noc(-c2cc3nccc(C(F)F)n3n2)n1. The van der Waals surface area contributed by atoms with E-state index in [-0.39, 0.29) is 28.8 Å². The summed E-state index contributed by atoms with van der Waals surface area (Å²) in [6.07, 6.45) is -1.38. The summed E-state index contributed by atoms with van der Waals surface area (Å²) in [5, 5.41) is 7.95. The van der Waals surface area contributed by atoms with Crippen molar-refractivity contribution < 1.29 is 13.3 Å². The smallest absolute Gasteiger partial charge is 0.280 e. The fourth-order valence-electron chi connectivity index (χ4n) is 2.46. The zero-order valence-electron chi connectivity index (χ0n) is 12.8. The van der Waals surface area contributed by atoms with E-state index in [9.17, 15) is 8.78 Å². The highest BCUT2D eigenvalue weighted by Gasteiger charge is 2.20. The Bertz CT molecular complexity index is 1010. The highest BCUT2D eigenvalue weighted by atomic mass is 19.3. The van der Waals surface area contributed by atoms with E-state index in [2.05, 4.69) is 20.2 Å². The zero-order chi connectivity index (χ0) is 17.4. The molecule has 0 fully saturated rings. The Labute approximate surface area is 140 Å². The van der Waals surface area contributed by atoms with Crippen molar-refractivity contribution in [2.24, 2.45) is 5.73 Å². The third-order valence-corrected chi connectivity index (χ3v) is 3.71. The van der Waals surface area contributed by atoms with Crippen molar-refractivity contribution in [2.45, 2.75) is 12.5 Å². The van der Waals surface area contributed by atoms with Crippen LogP contribution < -0.4 is 5.73 Å². The van der Waals surface area contributed by atoms with Crippen LogP contribution >= 0.6 is 0 Å². The molecule has 0 aliphatic carbocycles. The van der Waals surface area contributed by atoms with E-state index in [1.54, 1.807) is 0 Å². The van der Waals surface area contributed by atoms with Gasteiger partial charge >= 0.3 is 0 Å². The van der Waals surface area contributed by atoms with Crippen LogP contribution in [0, 0.1) is 0 Å². The fraction of sp³-hybridized carbons (Fsp3) is 0.125. The van der Waals surface area contributed by atoms with Crippen LogP contribution in [0.1, 0.15) is 29.5 Å². The van der Waals surface area contributed by atoms with Crippen LogP contribution in [0.2, 0.25) is 0 Å². The van der Waals surface area contributed by atoms with E-state index in [0.717, 1.165) is 10.1 Å². The van der Waals surface area contributed by atoms with Gasteiger partial charge in [-0.3, -0.25) is 0 Å². The molecule has 25 heavy (non-hydrogen) atoms. The number of alkyl halides is 2. The summed E-state index contributed by atoms with van der Waals surface area (Å²) in [6.45, 7) is 0. The van der Waals surface area contributed by atoms with E-state index in [4.69, 9.17) is 10.3 Å². The molecule has 2 N–H and O–H groups in total. The maximum atomic E-state index is 13.0. The van der Waals surface area contributed by atoms with Crippen molar-refractivity contribution >= 4 is 5.65 Å². The molecular weight excluding hydrogens is 330 g/mol. The summed E-state index contributed by atoms with van der Waals surface area (Å²) in [4.78, 5) is 8.25. The summed E-state index contributed by atoms with van der Waals surface area (Å²) in [5.41, 5.74) is 7.20. The Morgan fingerprint density at radius 2 is 1.92 bits per heavy atom. The lowest BCUT2D eigenvalue weighted by molar-refractivity contribution is 0.143. The summed E-state index contributed by atoms with van der Waals surface area (Å²) in [5.74, 6) is 0.368. The molecule has 0 bridgehead atoms. The molecule has 3 heterocycles. The highest BCUT2D eigenvalue weighted by molar-refractivity contribution is 5.56. The van der Waals surface area contributed by atoms with Gasteiger partial charge in [-0.05, 0) is 11.6 Å². The van der Waals surface area contributed by atoms with Crippen molar-refractivity contribution in [3.8, 4) is 11.6 Å². The Morgan fingerprint density at radius 1 is 1.12 bits per heavy atom. The third kappa shape index (κ3) is 2.74. The third-order valence-electron chi connectivity index (χ3n) is 3.71. The number of aromatic nitrogens is 5. The molecular formula is C16H12F2N6O. The number of hydrogen-bond donors (Lipinski definition) is 1. The van der Waals surface area contributed by atoms with Gasteiger partial charge in [0.15, 0.2) is 17.2 Å². The van der Waals surface area contributed by atoms with Crippen LogP contribution in [0.3, 0.4) is 0 Å². The van der Waals surface area contributed by atoms with Gasteiger partial charge in [0.1, 0.15) is 5.69 Å². The van der Waals surface area contributed by atoms with Gasteiger partial charge in [-0.2, -0.15) is 10.1 Å². The Hall–Kier alpha value is -3.20. The van der Waals surface area contributed by atoms with Gasteiger partial charge in [0.05, 0.1) is 6.04 Å². The first-order valence-corrected chi connectivity index (χ1v) is 7.41. The number of nitrogens with two attached hydrogens (primary N) is 1. The molecule has 126 valence electrons. The Kier molecular flexibility index (Phi) is 3.69. The average molecular weight is 342 g/mol. The Morgan fingerprint density at radius 3 is 2.68 bits per heavy atom. The monoisotopic (exact) mass is 342 g/mol. The quantitative estimate of drug-likeness (QED) is 0.613. The second-order valence-corrected chi connectivity index (χ2v) is 5.32. The van der Waals surface area contributed by atoms with E-state index < -0.39 is 12.5 Å². The van der Waals surface area contributed by atoms with Crippen LogP contribution in [-0.4, -0.2) is 24.7 Å². The highest BCUT2D eigenvalue weighted by Crippen LogP contribution is 2.24. The normalized spacial score (nSPS) is 12.8. The fourth-order valence-corrected chi connectivity index (χ4v) is 2.46. The zero-order valence-corrected chi connectivity index (χ0v) is 12.8. The van der Waals surface area contributed by atoms with Crippen molar-refractivity contribution in [1.82, 2.24) is 24.7 Å². The van der Waals surface area contributed by atoms with Crippen LogP contribution in [0.5, 0.6) is 0 Å². The minimum Gasteiger partial charge on any atom is -0.332 e. The largest absolute Gasteiger partial charge is 0.332 e. The van der Waals surface area contributed by atoms with Gasteiger partial charge in [-0.25, -0.2) is 18.3 Å². The Balaban J connectivity index is 1.71. The van der Waals surface area contributed by atoms with Crippen molar-refractivity contribution in [3.05, 3.63) is 65.7 Å². The molecule has 0 spiro atoms. The van der Waals surface area contributed by atoms with E-state index in [1.165, 1.54) is 18.3 Å². The lowest BCUT2D eigenvalue weighted by atomic mass is 10.1. The average Bonchev–Trinajstić information content (AvgIpc) is 3.28. The molecule has 0 aliphatic rings. The molecule has 0 saturated carbocycles. The van der Waals surface area contributed by atoms with E-state index in [0.29, 0.717) is 0 Å².